The van der Waals surface area contributed by atoms with Gasteiger partial charge in [-0.05, 0) is 31.3 Å². The Morgan fingerprint density at radius 2 is 2.00 bits per heavy atom. The van der Waals surface area contributed by atoms with Crippen molar-refractivity contribution in [1.29, 1.82) is 0 Å². The quantitative estimate of drug-likeness (QED) is 0.633. The van der Waals surface area contributed by atoms with Gasteiger partial charge in [-0.15, -0.1) is 0 Å². The first-order valence-corrected chi connectivity index (χ1v) is 6.18. The predicted octanol–water partition coefficient (Wildman–Crippen LogP) is -0.195. The second-order valence-electron chi connectivity index (χ2n) is 4.44. The zero-order chi connectivity index (χ0) is 14.4. The predicted molar refractivity (Wildman–Crippen MR) is 73.4 cm³/mol. The molecule has 3 N–H and O–H groups in total. The van der Waals surface area contributed by atoms with Crippen LogP contribution in [-0.2, 0) is 4.79 Å². The third-order valence-corrected chi connectivity index (χ3v) is 3.23. The third kappa shape index (κ3) is 1.79. The molecule has 7 heteroatoms. The lowest BCUT2D eigenvalue weighted by molar-refractivity contribution is -0.112. The number of aryl methyl sites for hydroxylation is 1. The van der Waals surface area contributed by atoms with E-state index in [9.17, 15) is 14.7 Å². The SMILES string of the molecule is Cc1ccc2c(c1)=C(c1c(O)[nH]c(=S)[nH]c1=O)C(=O)N=2. The van der Waals surface area contributed by atoms with Crippen LogP contribution < -0.4 is 16.1 Å². The summed E-state index contributed by atoms with van der Waals surface area (Å²) in [5.74, 6) is -0.997. The summed E-state index contributed by atoms with van der Waals surface area (Å²) >= 11 is 4.76. The van der Waals surface area contributed by atoms with Gasteiger partial charge in [0.2, 0.25) is 5.88 Å². The Morgan fingerprint density at radius 1 is 1.25 bits per heavy atom. The minimum atomic E-state index is -0.626. The minimum absolute atomic E-state index is 0.0105. The van der Waals surface area contributed by atoms with E-state index >= 15 is 0 Å². The Kier molecular flexibility index (Phi) is 2.65. The molecule has 0 spiro atoms. The standard InChI is InChI=1S/C13H9N3O3S/c1-5-2-3-7-6(4-5)8(10(17)14-7)9-11(18)15-13(20)16-12(9)19/h2-4H,1H3,(H3,15,16,18,19,20). The van der Waals surface area contributed by atoms with Gasteiger partial charge in [0, 0.05) is 5.22 Å². The molecule has 0 fully saturated rings. The topological polar surface area (TPSA) is 98.3 Å². The van der Waals surface area contributed by atoms with Crippen LogP contribution in [0.4, 0.5) is 0 Å². The van der Waals surface area contributed by atoms with Crippen molar-refractivity contribution < 1.29 is 9.90 Å². The summed E-state index contributed by atoms with van der Waals surface area (Å²) in [5, 5.41) is 10.9. The number of rotatable bonds is 1. The number of carbonyl (C=O) groups excluding carboxylic acids is 1. The highest BCUT2D eigenvalue weighted by Gasteiger charge is 2.24. The van der Waals surface area contributed by atoms with E-state index in [4.69, 9.17) is 12.2 Å². The number of fused-ring (bicyclic) bond motifs is 1. The molecular formula is C13H9N3O3S. The maximum Gasteiger partial charge on any atom is 0.279 e. The number of benzene rings is 1. The number of nitrogens with one attached hydrogen (secondary N) is 2. The smallest absolute Gasteiger partial charge is 0.279 e. The van der Waals surface area contributed by atoms with Crippen molar-refractivity contribution in [3.05, 3.63) is 55.0 Å². The normalized spacial score (nSPS) is 13.2. The molecule has 1 amide bonds. The Balaban J connectivity index is 2.50. The van der Waals surface area contributed by atoms with Gasteiger partial charge in [-0.2, -0.15) is 0 Å². The number of aromatic amines is 2. The average Bonchev–Trinajstić information content (AvgIpc) is 2.65. The number of aromatic nitrogens is 2. The van der Waals surface area contributed by atoms with Crippen LogP contribution in [0.3, 0.4) is 0 Å². The fraction of sp³-hybridized carbons (Fsp3) is 0.0769. The molecule has 1 aliphatic heterocycles. The molecular weight excluding hydrogens is 278 g/mol. The maximum atomic E-state index is 12.0. The van der Waals surface area contributed by atoms with Gasteiger partial charge < -0.3 is 10.1 Å². The molecule has 1 aromatic heterocycles. The molecule has 3 rings (SSSR count). The van der Waals surface area contributed by atoms with Gasteiger partial charge in [-0.3, -0.25) is 14.6 Å². The lowest BCUT2D eigenvalue weighted by Crippen LogP contribution is -2.26. The second kappa shape index (κ2) is 4.24. The number of nitrogens with zero attached hydrogens (tertiary/aromatic N) is 1. The van der Waals surface area contributed by atoms with E-state index in [-0.39, 0.29) is 15.9 Å². The fourth-order valence-electron chi connectivity index (χ4n) is 2.18. The van der Waals surface area contributed by atoms with Crippen LogP contribution in [0.1, 0.15) is 11.1 Å². The fourth-order valence-corrected chi connectivity index (χ4v) is 2.37. The number of amides is 1. The summed E-state index contributed by atoms with van der Waals surface area (Å²) < 4.78 is -0.0105. The zero-order valence-corrected chi connectivity index (χ0v) is 11.2. The first kappa shape index (κ1) is 12.5. The van der Waals surface area contributed by atoms with Crippen LogP contribution >= 0.6 is 12.2 Å². The van der Waals surface area contributed by atoms with Crippen molar-refractivity contribution >= 4 is 23.7 Å². The highest BCUT2D eigenvalue weighted by atomic mass is 32.1. The highest BCUT2D eigenvalue weighted by Crippen LogP contribution is 2.18. The van der Waals surface area contributed by atoms with E-state index in [1.807, 2.05) is 13.0 Å². The monoisotopic (exact) mass is 287 g/mol. The van der Waals surface area contributed by atoms with Crippen LogP contribution in [0.15, 0.2) is 28.0 Å². The van der Waals surface area contributed by atoms with Crippen molar-refractivity contribution in [1.82, 2.24) is 9.97 Å². The molecule has 1 aromatic carbocycles. The van der Waals surface area contributed by atoms with Gasteiger partial charge >= 0.3 is 0 Å². The maximum absolute atomic E-state index is 12.0. The van der Waals surface area contributed by atoms with Crippen LogP contribution in [0, 0.1) is 11.7 Å². The summed E-state index contributed by atoms with van der Waals surface area (Å²) in [5.41, 5.74) is 0.232. The molecule has 100 valence electrons. The number of aromatic hydroxyl groups is 1. The molecule has 6 nitrogen and oxygen atoms in total. The molecule has 0 saturated heterocycles. The minimum Gasteiger partial charge on any atom is -0.494 e. The lowest BCUT2D eigenvalue weighted by Gasteiger charge is -2.02. The van der Waals surface area contributed by atoms with E-state index in [1.54, 1.807) is 12.1 Å². The van der Waals surface area contributed by atoms with Crippen molar-refractivity contribution in [2.45, 2.75) is 6.92 Å². The Bertz CT molecular complexity index is 985. The van der Waals surface area contributed by atoms with E-state index in [1.165, 1.54) is 0 Å². The van der Waals surface area contributed by atoms with Gasteiger partial charge in [0.25, 0.3) is 11.5 Å². The van der Waals surface area contributed by atoms with Crippen LogP contribution in [0.25, 0.3) is 5.57 Å². The molecule has 0 saturated carbocycles. The molecule has 2 heterocycles. The molecule has 0 aliphatic carbocycles. The summed E-state index contributed by atoms with van der Waals surface area (Å²) in [6.45, 7) is 1.86. The molecule has 0 atom stereocenters. The molecule has 0 unspecified atom stereocenters. The number of hydrogen-bond acceptors (Lipinski definition) is 4. The van der Waals surface area contributed by atoms with Gasteiger partial charge in [0.15, 0.2) is 4.77 Å². The zero-order valence-electron chi connectivity index (χ0n) is 10.4. The Morgan fingerprint density at radius 3 is 2.70 bits per heavy atom. The molecule has 1 aliphatic rings. The molecule has 20 heavy (non-hydrogen) atoms. The van der Waals surface area contributed by atoms with Crippen molar-refractivity contribution in [3.63, 3.8) is 0 Å². The van der Waals surface area contributed by atoms with E-state index < -0.39 is 17.3 Å². The number of hydrogen-bond donors (Lipinski definition) is 3. The van der Waals surface area contributed by atoms with Crippen LogP contribution in [0.2, 0.25) is 0 Å². The van der Waals surface area contributed by atoms with Crippen molar-refractivity contribution in [3.8, 4) is 5.88 Å². The highest BCUT2D eigenvalue weighted by molar-refractivity contribution is 7.71. The van der Waals surface area contributed by atoms with Gasteiger partial charge in [-0.1, -0.05) is 11.6 Å². The van der Waals surface area contributed by atoms with Gasteiger partial charge in [-0.25, -0.2) is 4.99 Å². The molecule has 0 radical (unpaired) electrons. The van der Waals surface area contributed by atoms with E-state index in [2.05, 4.69) is 15.0 Å². The van der Waals surface area contributed by atoms with Crippen LogP contribution in [0.5, 0.6) is 5.88 Å². The first-order chi connectivity index (χ1) is 9.47. The lowest BCUT2D eigenvalue weighted by atomic mass is 10.0. The van der Waals surface area contributed by atoms with E-state index in [0.717, 1.165) is 5.56 Å². The largest absolute Gasteiger partial charge is 0.494 e. The number of H-pyrrole nitrogens is 2. The first-order valence-electron chi connectivity index (χ1n) is 5.77. The van der Waals surface area contributed by atoms with E-state index in [0.29, 0.717) is 10.6 Å². The Hall–Kier alpha value is -2.54. The Labute approximate surface area is 117 Å². The van der Waals surface area contributed by atoms with Crippen molar-refractivity contribution in [2.24, 2.45) is 4.99 Å². The summed E-state index contributed by atoms with van der Waals surface area (Å²) in [4.78, 5) is 32.6. The van der Waals surface area contributed by atoms with Crippen molar-refractivity contribution in [2.75, 3.05) is 0 Å². The van der Waals surface area contributed by atoms with Crippen LogP contribution in [-0.4, -0.2) is 21.0 Å². The summed E-state index contributed by atoms with van der Waals surface area (Å²) in [7, 11) is 0. The third-order valence-electron chi connectivity index (χ3n) is 3.03. The summed E-state index contributed by atoms with van der Waals surface area (Å²) in [6, 6.07) is 5.27. The van der Waals surface area contributed by atoms with Gasteiger partial charge in [0.1, 0.15) is 5.56 Å². The molecule has 2 aromatic rings. The molecule has 0 bridgehead atoms. The second-order valence-corrected chi connectivity index (χ2v) is 4.85. The average molecular weight is 287 g/mol. The summed E-state index contributed by atoms with van der Waals surface area (Å²) in [6.07, 6.45) is 0. The van der Waals surface area contributed by atoms with Gasteiger partial charge in [0.05, 0.1) is 10.9 Å². The number of carbonyl (C=O) groups is 1.